The van der Waals surface area contributed by atoms with E-state index in [-0.39, 0.29) is 17.9 Å². The Labute approximate surface area is 107 Å². The molecular weight excluding hydrogens is 226 g/mol. The van der Waals surface area contributed by atoms with E-state index in [9.17, 15) is 10.1 Å². The van der Waals surface area contributed by atoms with Gasteiger partial charge in [-0.2, -0.15) is 5.26 Å². The Bertz CT molecular complexity index is 492. The van der Waals surface area contributed by atoms with Crippen molar-refractivity contribution in [2.45, 2.75) is 32.9 Å². The van der Waals surface area contributed by atoms with Gasteiger partial charge in [0.15, 0.2) is 6.19 Å². The minimum absolute atomic E-state index is 0.0872. The molecule has 2 rings (SSSR count). The number of anilines is 1. The summed E-state index contributed by atoms with van der Waals surface area (Å²) in [6.45, 7) is 4.52. The number of nitrogens with zero attached hydrogens (tertiary/aromatic N) is 2. The summed E-state index contributed by atoms with van der Waals surface area (Å²) in [5.41, 5.74) is 1.80. The van der Waals surface area contributed by atoms with Crippen LogP contribution in [0.3, 0.4) is 0 Å². The molecule has 0 fully saturated rings. The highest BCUT2D eigenvalue weighted by molar-refractivity contribution is 5.96. The van der Waals surface area contributed by atoms with Crippen LogP contribution in [0, 0.1) is 17.4 Å². The number of carbonyl (C=O) groups is 1. The van der Waals surface area contributed by atoms with E-state index >= 15 is 0 Å². The molecule has 1 aliphatic rings. The highest BCUT2D eigenvalue weighted by Crippen LogP contribution is 2.26. The van der Waals surface area contributed by atoms with E-state index in [1.807, 2.05) is 38.1 Å². The van der Waals surface area contributed by atoms with Crippen LogP contribution in [0.2, 0.25) is 0 Å². The van der Waals surface area contributed by atoms with Gasteiger partial charge in [-0.15, -0.1) is 0 Å². The van der Waals surface area contributed by atoms with Gasteiger partial charge in [0, 0.05) is 5.69 Å². The lowest BCUT2D eigenvalue weighted by molar-refractivity contribution is -0.121. The van der Waals surface area contributed by atoms with Crippen molar-refractivity contribution >= 4 is 11.6 Å². The fourth-order valence-corrected chi connectivity index (χ4v) is 2.30. The fraction of sp³-hybridized carbons (Fsp3) is 0.429. The molecule has 0 spiro atoms. The first-order valence-corrected chi connectivity index (χ1v) is 6.22. The minimum Gasteiger partial charge on any atom is -0.324 e. The SMILES string of the molecule is CC[C@H](C)[C@H]1C(=O)Nc2ccccc2CN1C#N. The molecule has 1 aromatic rings. The third-order valence-corrected chi connectivity index (χ3v) is 3.53. The topological polar surface area (TPSA) is 56.1 Å². The third kappa shape index (κ3) is 2.17. The minimum atomic E-state index is -0.382. The summed E-state index contributed by atoms with van der Waals surface area (Å²) in [5.74, 6) is 0.0646. The van der Waals surface area contributed by atoms with E-state index in [1.165, 1.54) is 0 Å². The van der Waals surface area contributed by atoms with Crippen LogP contribution in [0.15, 0.2) is 24.3 Å². The Hall–Kier alpha value is -2.02. The van der Waals surface area contributed by atoms with Crippen molar-refractivity contribution in [3.63, 3.8) is 0 Å². The number of nitriles is 1. The first kappa shape index (κ1) is 12.4. The predicted molar refractivity (Wildman–Crippen MR) is 69.5 cm³/mol. The summed E-state index contributed by atoms with van der Waals surface area (Å²) < 4.78 is 0. The van der Waals surface area contributed by atoms with E-state index < -0.39 is 0 Å². The highest BCUT2D eigenvalue weighted by atomic mass is 16.2. The average Bonchev–Trinajstić information content (AvgIpc) is 2.53. The van der Waals surface area contributed by atoms with E-state index in [2.05, 4.69) is 11.5 Å². The summed E-state index contributed by atoms with van der Waals surface area (Å²) >= 11 is 0. The second kappa shape index (κ2) is 5.09. The number of hydrogen-bond acceptors (Lipinski definition) is 3. The van der Waals surface area contributed by atoms with Crippen LogP contribution in [-0.4, -0.2) is 16.8 Å². The summed E-state index contributed by atoms with van der Waals surface area (Å²) in [5, 5.41) is 12.2. The van der Waals surface area contributed by atoms with Crippen LogP contribution in [0.25, 0.3) is 0 Å². The Morgan fingerprint density at radius 2 is 2.28 bits per heavy atom. The number of nitrogens with one attached hydrogen (secondary N) is 1. The molecule has 2 atom stereocenters. The lowest BCUT2D eigenvalue weighted by Gasteiger charge is -2.27. The number of fused-ring (bicyclic) bond motifs is 1. The zero-order valence-electron chi connectivity index (χ0n) is 10.7. The Kier molecular flexibility index (Phi) is 3.52. The van der Waals surface area contributed by atoms with E-state index in [4.69, 9.17) is 0 Å². The van der Waals surface area contributed by atoms with Gasteiger partial charge in [0.1, 0.15) is 6.04 Å². The summed E-state index contributed by atoms with van der Waals surface area (Å²) in [6.07, 6.45) is 3.02. The van der Waals surface area contributed by atoms with Crippen LogP contribution in [-0.2, 0) is 11.3 Å². The Morgan fingerprint density at radius 1 is 1.56 bits per heavy atom. The maximum atomic E-state index is 12.2. The summed E-state index contributed by atoms with van der Waals surface area (Å²) in [7, 11) is 0. The molecule has 0 unspecified atom stereocenters. The molecule has 1 aromatic carbocycles. The van der Waals surface area contributed by atoms with Gasteiger partial charge in [0.05, 0.1) is 6.54 Å². The van der Waals surface area contributed by atoms with Gasteiger partial charge >= 0.3 is 0 Å². The van der Waals surface area contributed by atoms with Crippen molar-refractivity contribution in [2.24, 2.45) is 5.92 Å². The smallest absolute Gasteiger partial charge is 0.248 e. The quantitative estimate of drug-likeness (QED) is 0.811. The van der Waals surface area contributed by atoms with E-state index in [0.717, 1.165) is 17.7 Å². The molecule has 0 aliphatic carbocycles. The van der Waals surface area contributed by atoms with E-state index in [1.54, 1.807) is 4.90 Å². The number of benzene rings is 1. The van der Waals surface area contributed by atoms with Crippen molar-refractivity contribution < 1.29 is 4.79 Å². The van der Waals surface area contributed by atoms with Crippen molar-refractivity contribution in [3.05, 3.63) is 29.8 Å². The first-order valence-electron chi connectivity index (χ1n) is 6.22. The number of amides is 1. The van der Waals surface area contributed by atoms with Crippen molar-refractivity contribution in [2.75, 3.05) is 5.32 Å². The molecule has 4 nitrogen and oxygen atoms in total. The van der Waals surface area contributed by atoms with Crippen molar-refractivity contribution in [1.82, 2.24) is 4.90 Å². The molecule has 1 amide bonds. The molecule has 4 heteroatoms. The predicted octanol–water partition coefficient (Wildman–Crippen LogP) is 2.34. The summed E-state index contributed by atoms with van der Waals surface area (Å²) in [6, 6.07) is 7.25. The standard InChI is InChI=1S/C14H17N3O/c1-3-10(2)13-14(18)16-12-7-5-4-6-11(12)8-17(13)9-15/h4-7,10,13H,3,8H2,1-2H3,(H,16,18)/t10-,13-/m0/s1. The Balaban J connectivity index is 2.38. The second-order valence-electron chi connectivity index (χ2n) is 4.70. The molecule has 18 heavy (non-hydrogen) atoms. The van der Waals surface area contributed by atoms with Crippen LogP contribution < -0.4 is 5.32 Å². The van der Waals surface area contributed by atoms with Gasteiger partial charge in [-0.3, -0.25) is 9.69 Å². The van der Waals surface area contributed by atoms with Gasteiger partial charge in [-0.25, -0.2) is 0 Å². The normalized spacial score (nSPS) is 20.4. The number of carbonyl (C=O) groups excluding carboxylic acids is 1. The second-order valence-corrected chi connectivity index (χ2v) is 4.70. The number of hydrogen-bond donors (Lipinski definition) is 1. The van der Waals surface area contributed by atoms with E-state index in [0.29, 0.717) is 6.54 Å². The fourth-order valence-electron chi connectivity index (χ4n) is 2.30. The molecule has 1 aliphatic heterocycles. The monoisotopic (exact) mass is 243 g/mol. The van der Waals surface area contributed by atoms with Gasteiger partial charge in [0.2, 0.25) is 5.91 Å². The lowest BCUT2D eigenvalue weighted by Crippen LogP contribution is -2.43. The summed E-state index contributed by atoms with van der Waals surface area (Å²) in [4.78, 5) is 13.8. The van der Waals surface area contributed by atoms with Crippen LogP contribution in [0.4, 0.5) is 5.69 Å². The van der Waals surface area contributed by atoms with Crippen molar-refractivity contribution in [1.29, 1.82) is 5.26 Å². The average molecular weight is 243 g/mol. The lowest BCUT2D eigenvalue weighted by atomic mass is 9.97. The van der Waals surface area contributed by atoms with Crippen molar-refractivity contribution in [3.8, 4) is 6.19 Å². The number of rotatable bonds is 2. The molecule has 94 valence electrons. The van der Waals surface area contributed by atoms with Crippen LogP contribution in [0.1, 0.15) is 25.8 Å². The molecule has 0 aromatic heterocycles. The Morgan fingerprint density at radius 3 is 2.94 bits per heavy atom. The molecule has 0 saturated heterocycles. The molecule has 0 saturated carbocycles. The van der Waals surface area contributed by atoms with Gasteiger partial charge in [-0.05, 0) is 17.5 Å². The van der Waals surface area contributed by atoms with Crippen LogP contribution in [0.5, 0.6) is 0 Å². The van der Waals surface area contributed by atoms with Gasteiger partial charge < -0.3 is 5.32 Å². The van der Waals surface area contributed by atoms with Gasteiger partial charge in [-0.1, -0.05) is 38.5 Å². The molecule has 0 bridgehead atoms. The first-order chi connectivity index (χ1) is 8.67. The molecule has 1 heterocycles. The largest absolute Gasteiger partial charge is 0.324 e. The molecule has 0 radical (unpaired) electrons. The zero-order valence-corrected chi connectivity index (χ0v) is 10.7. The maximum absolute atomic E-state index is 12.2. The molecule has 1 N–H and O–H groups in total. The van der Waals surface area contributed by atoms with Crippen LogP contribution >= 0.6 is 0 Å². The number of para-hydroxylation sites is 1. The highest BCUT2D eigenvalue weighted by Gasteiger charge is 2.33. The maximum Gasteiger partial charge on any atom is 0.248 e. The zero-order chi connectivity index (χ0) is 13.1. The van der Waals surface area contributed by atoms with Gasteiger partial charge in [0.25, 0.3) is 0 Å². The molecular formula is C14H17N3O. The third-order valence-electron chi connectivity index (χ3n) is 3.53.